The molecule has 1 atom stereocenters. The molecule has 1 aliphatic rings. The summed E-state index contributed by atoms with van der Waals surface area (Å²) < 4.78 is 0. The van der Waals surface area contributed by atoms with Gasteiger partial charge in [-0.05, 0) is 0 Å². The van der Waals surface area contributed by atoms with Crippen molar-refractivity contribution >= 4 is 0 Å². The first-order valence-electron chi connectivity index (χ1n) is 4.06. The highest BCUT2D eigenvalue weighted by atomic mass is 16.9. The topological polar surface area (TPSA) is 231 Å². The molecule has 0 radical (unpaired) electrons. The van der Waals surface area contributed by atoms with Crippen LogP contribution in [0.2, 0.25) is 0 Å². The summed E-state index contributed by atoms with van der Waals surface area (Å²) in [5.74, 6) is -4.33. The second kappa shape index (κ2) is 4.34. The third kappa shape index (κ3) is 1.63. The molecule has 1 heterocycles. The summed E-state index contributed by atoms with van der Waals surface area (Å²) in [6.07, 6.45) is -3.32. The van der Waals surface area contributed by atoms with Gasteiger partial charge in [0.1, 0.15) is 9.85 Å². The number of hydrogen-bond donors (Lipinski definition) is 0. The predicted octanol–water partition coefficient (Wildman–Crippen LogP) is -2.36. The number of rotatable bonds is 5. The summed E-state index contributed by atoms with van der Waals surface area (Å²) in [5, 5.41) is 46.8. The molecule has 0 saturated carbocycles. The van der Waals surface area contributed by atoms with E-state index in [1.165, 1.54) is 0 Å². The SMILES string of the molecule is O=[N+]([O-])C1ON([N+](=O)[O-])N([N+](=O)[O-])C1([N+](=O)[O-])[N+](=O)[O-]. The predicted molar refractivity (Wildman–Crippen MR) is 46.3 cm³/mol. The van der Waals surface area contributed by atoms with Crippen molar-refractivity contribution < 1.29 is 29.7 Å². The molecule has 0 aromatic rings. The molecule has 18 nitrogen and oxygen atoms in total. The molecule has 0 aromatic carbocycles. The minimum Gasteiger partial charge on any atom is -0.261 e. The highest BCUT2D eigenvalue weighted by molar-refractivity contribution is 4.68. The van der Waals surface area contributed by atoms with Crippen molar-refractivity contribution in [2.45, 2.75) is 12.0 Å². The highest BCUT2D eigenvalue weighted by Crippen LogP contribution is 2.34. The Bertz CT molecular complexity index is 499. The molecule has 1 unspecified atom stereocenters. The van der Waals surface area contributed by atoms with Crippen molar-refractivity contribution in [3.63, 3.8) is 0 Å². The summed E-state index contributed by atoms with van der Waals surface area (Å²) in [6.45, 7) is 0. The van der Waals surface area contributed by atoms with Gasteiger partial charge in [0.2, 0.25) is 15.2 Å². The maximum Gasteiger partial charge on any atom is 0.713 e. The van der Waals surface area contributed by atoms with E-state index in [0.29, 0.717) is 0 Å². The molecule has 18 heteroatoms. The minimum absolute atomic E-state index is 1.15. The van der Waals surface area contributed by atoms with Crippen LogP contribution in [0.5, 0.6) is 0 Å². The standard InChI is InChI=1S/C2HN7O11/c10-3(11)1-2(5(12)13,6(14)15)4(8(16)17)7(20-1)9(18)19/h1H. The monoisotopic (exact) mass is 299 g/mol. The van der Waals surface area contributed by atoms with Crippen LogP contribution in [0.1, 0.15) is 0 Å². The molecule has 20 heavy (non-hydrogen) atoms. The average Bonchev–Trinajstić information content (AvgIpc) is 2.65. The van der Waals surface area contributed by atoms with E-state index in [0.717, 1.165) is 0 Å². The Balaban J connectivity index is 3.63. The lowest BCUT2D eigenvalue weighted by Crippen LogP contribution is -2.67. The molecular weight excluding hydrogens is 298 g/mol. The van der Waals surface area contributed by atoms with Crippen molar-refractivity contribution in [2.75, 3.05) is 0 Å². The van der Waals surface area contributed by atoms with Gasteiger partial charge in [0.05, 0.1) is 4.92 Å². The third-order valence-electron chi connectivity index (χ3n) is 2.01. The van der Waals surface area contributed by atoms with E-state index in [-0.39, 0.29) is 0 Å². The molecule has 1 fully saturated rings. The number of hydrazine groups is 3. The number of hydrogen-bond acceptors (Lipinski definition) is 11. The van der Waals surface area contributed by atoms with Crippen LogP contribution in [-0.2, 0) is 4.84 Å². The Kier molecular flexibility index (Phi) is 3.17. The van der Waals surface area contributed by atoms with E-state index in [1.54, 1.807) is 0 Å². The molecule has 1 rings (SSSR count). The first-order valence-corrected chi connectivity index (χ1v) is 4.06. The molecule has 0 N–H and O–H groups in total. The molecule has 1 saturated heterocycles. The smallest absolute Gasteiger partial charge is 0.261 e. The van der Waals surface area contributed by atoms with Crippen molar-refractivity contribution in [3.8, 4) is 0 Å². The summed E-state index contributed by atoms with van der Waals surface area (Å²) in [6, 6.07) is 0. The van der Waals surface area contributed by atoms with Crippen LogP contribution in [0.4, 0.5) is 0 Å². The number of nitro groups is 5. The van der Waals surface area contributed by atoms with E-state index in [9.17, 15) is 50.6 Å². The minimum atomic E-state index is -4.33. The normalized spacial score (nSPS) is 20.5. The van der Waals surface area contributed by atoms with Crippen molar-refractivity contribution in [1.29, 1.82) is 0 Å². The van der Waals surface area contributed by atoms with E-state index in [1.807, 2.05) is 0 Å². The molecule has 0 aromatic heterocycles. The van der Waals surface area contributed by atoms with Gasteiger partial charge in [0.15, 0.2) is 5.28 Å². The van der Waals surface area contributed by atoms with E-state index in [4.69, 9.17) is 0 Å². The van der Waals surface area contributed by atoms with Gasteiger partial charge < -0.3 is 0 Å². The molecule has 110 valence electrons. The lowest BCUT2D eigenvalue weighted by molar-refractivity contribution is -0.958. The Morgan fingerprint density at radius 1 is 0.850 bits per heavy atom. The lowest BCUT2D eigenvalue weighted by atomic mass is 10.3. The van der Waals surface area contributed by atoms with E-state index in [2.05, 4.69) is 4.84 Å². The molecule has 0 bridgehead atoms. The second-order valence-electron chi connectivity index (χ2n) is 2.96. The fourth-order valence-corrected chi connectivity index (χ4v) is 1.29. The van der Waals surface area contributed by atoms with Crippen LogP contribution in [0, 0.1) is 50.6 Å². The molecule has 0 aliphatic carbocycles. The maximum atomic E-state index is 10.7. The van der Waals surface area contributed by atoms with Gasteiger partial charge in [-0.1, -0.05) is 0 Å². The maximum absolute atomic E-state index is 10.7. The summed E-state index contributed by atoms with van der Waals surface area (Å²) >= 11 is 0. The number of nitrogens with zero attached hydrogens (tertiary/aromatic N) is 7. The van der Waals surface area contributed by atoms with Crippen LogP contribution in [0.15, 0.2) is 0 Å². The zero-order valence-electron chi connectivity index (χ0n) is 8.70. The van der Waals surface area contributed by atoms with E-state index >= 15 is 0 Å². The quantitative estimate of drug-likeness (QED) is 0.294. The van der Waals surface area contributed by atoms with Crippen LogP contribution in [0.3, 0.4) is 0 Å². The Labute approximate surface area is 104 Å². The third-order valence-corrected chi connectivity index (χ3v) is 2.01. The first-order chi connectivity index (χ1) is 9.08. The van der Waals surface area contributed by atoms with Crippen LogP contribution in [-0.4, -0.2) is 47.2 Å². The summed E-state index contributed by atoms with van der Waals surface area (Å²) in [7, 11) is 0. The summed E-state index contributed by atoms with van der Waals surface area (Å²) in [5.41, 5.74) is 0. The Morgan fingerprint density at radius 3 is 1.55 bits per heavy atom. The van der Waals surface area contributed by atoms with Gasteiger partial charge in [-0.25, -0.2) is 20.2 Å². The summed E-state index contributed by atoms with van der Waals surface area (Å²) in [4.78, 5) is 50.9. The van der Waals surface area contributed by atoms with Crippen LogP contribution in [0.25, 0.3) is 0 Å². The Morgan fingerprint density at radius 2 is 1.30 bits per heavy atom. The van der Waals surface area contributed by atoms with E-state index < -0.39 is 47.2 Å². The van der Waals surface area contributed by atoms with Crippen molar-refractivity contribution in [1.82, 2.24) is 10.4 Å². The van der Waals surface area contributed by atoms with Gasteiger partial charge in [0, 0.05) is 0 Å². The van der Waals surface area contributed by atoms with Crippen molar-refractivity contribution in [2.24, 2.45) is 0 Å². The Hall–Kier alpha value is -3.44. The molecular formula is C2HN7O11. The second-order valence-corrected chi connectivity index (χ2v) is 2.96. The zero-order chi connectivity index (χ0) is 15.8. The van der Waals surface area contributed by atoms with Gasteiger partial charge in [-0.3, -0.25) is 30.3 Å². The zero-order valence-corrected chi connectivity index (χ0v) is 8.70. The van der Waals surface area contributed by atoms with Gasteiger partial charge in [-0.2, -0.15) is 0 Å². The fraction of sp³-hybridized carbons (Fsp3) is 1.00. The fourth-order valence-electron chi connectivity index (χ4n) is 1.29. The van der Waals surface area contributed by atoms with Gasteiger partial charge >= 0.3 is 12.0 Å². The average molecular weight is 299 g/mol. The lowest BCUT2D eigenvalue weighted by Gasteiger charge is -2.12. The molecule has 1 aliphatic heterocycles. The van der Waals surface area contributed by atoms with Crippen molar-refractivity contribution in [3.05, 3.63) is 50.6 Å². The first kappa shape index (κ1) is 14.6. The van der Waals surface area contributed by atoms with Gasteiger partial charge in [-0.15, -0.1) is 4.84 Å². The van der Waals surface area contributed by atoms with Gasteiger partial charge in [0.25, 0.3) is 0 Å². The molecule has 0 amide bonds. The van der Waals surface area contributed by atoms with Crippen LogP contribution < -0.4 is 0 Å². The highest BCUT2D eigenvalue weighted by Gasteiger charge is 2.93. The molecule has 0 spiro atoms. The van der Waals surface area contributed by atoms with Crippen LogP contribution >= 0.6 is 0 Å². The largest absolute Gasteiger partial charge is 0.713 e.